The summed E-state index contributed by atoms with van der Waals surface area (Å²) >= 11 is 0. The van der Waals surface area contributed by atoms with Gasteiger partial charge in [-0.15, -0.1) is 24.0 Å². The Morgan fingerprint density at radius 2 is 1.81 bits per heavy atom. The number of nitrogens with zero attached hydrogens (tertiary/aromatic N) is 1. The fourth-order valence-corrected chi connectivity index (χ4v) is 3.05. The zero-order chi connectivity index (χ0) is 18.0. The molecular formula is C17H25IN4O3S. The highest BCUT2D eigenvalue weighted by molar-refractivity contribution is 14.0. The first-order valence-electron chi connectivity index (χ1n) is 8.07. The molecule has 0 bridgehead atoms. The van der Waals surface area contributed by atoms with Gasteiger partial charge in [0.25, 0.3) is 0 Å². The maximum atomic E-state index is 12.0. The van der Waals surface area contributed by atoms with Gasteiger partial charge < -0.3 is 15.1 Å². The molecule has 7 nitrogen and oxygen atoms in total. The van der Waals surface area contributed by atoms with Crippen molar-refractivity contribution in [1.29, 1.82) is 0 Å². The predicted octanol–water partition coefficient (Wildman–Crippen LogP) is 1.72. The van der Waals surface area contributed by atoms with Crippen LogP contribution < -0.4 is 15.4 Å². The summed E-state index contributed by atoms with van der Waals surface area (Å²) in [6.45, 7) is 1.20. The second-order valence-electron chi connectivity index (χ2n) is 5.38. The number of halogens is 1. The number of hydrogen-bond acceptors (Lipinski definition) is 4. The molecule has 2 aromatic rings. The van der Waals surface area contributed by atoms with Gasteiger partial charge in [-0.05, 0) is 17.7 Å². The summed E-state index contributed by atoms with van der Waals surface area (Å²) in [4.78, 5) is 4.07. The van der Waals surface area contributed by atoms with Gasteiger partial charge in [0.1, 0.15) is 5.76 Å². The Balaban J connectivity index is 0.00000338. The number of rotatable bonds is 9. The summed E-state index contributed by atoms with van der Waals surface area (Å²) in [5.41, 5.74) is 0.925. The van der Waals surface area contributed by atoms with Crippen molar-refractivity contribution in [3.8, 4) is 0 Å². The Hall–Kier alpha value is -1.59. The van der Waals surface area contributed by atoms with Crippen LogP contribution in [0.2, 0.25) is 0 Å². The van der Waals surface area contributed by atoms with Crippen LogP contribution in [0.15, 0.2) is 58.1 Å². The van der Waals surface area contributed by atoms with Gasteiger partial charge in [0.2, 0.25) is 10.0 Å². The summed E-state index contributed by atoms with van der Waals surface area (Å²) in [5, 5.41) is 6.11. The van der Waals surface area contributed by atoms with E-state index in [1.165, 1.54) is 0 Å². The van der Waals surface area contributed by atoms with Crippen LogP contribution >= 0.6 is 24.0 Å². The summed E-state index contributed by atoms with van der Waals surface area (Å²) in [7, 11) is -1.71. The second-order valence-corrected chi connectivity index (χ2v) is 7.31. The highest BCUT2D eigenvalue weighted by Crippen LogP contribution is 2.00. The summed E-state index contributed by atoms with van der Waals surface area (Å²) in [5.74, 6) is 1.42. The van der Waals surface area contributed by atoms with Crippen molar-refractivity contribution >= 4 is 40.0 Å². The number of benzene rings is 1. The van der Waals surface area contributed by atoms with E-state index < -0.39 is 10.0 Å². The third kappa shape index (κ3) is 8.68. The van der Waals surface area contributed by atoms with Crippen molar-refractivity contribution in [2.75, 3.05) is 25.9 Å². The first kappa shape index (κ1) is 22.5. The van der Waals surface area contributed by atoms with Gasteiger partial charge >= 0.3 is 0 Å². The lowest BCUT2D eigenvalue weighted by molar-refractivity contribution is 0.507. The molecular weight excluding hydrogens is 467 g/mol. The number of furan rings is 1. The molecule has 0 saturated heterocycles. The van der Waals surface area contributed by atoms with E-state index in [1.807, 2.05) is 42.5 Å². The molecule has 1 aromatic carbocycles. The maximum Gasteiger partial charge on any atom is 0.213 e. The second kappa shape index (κ2) is 11.9. The predicted molar refractivity (Wildman–Crippen MR) is 114 cm³/mol. The molecule has 0 fully saturated rings. The Morgan fingerprint density at radius 1 is 1.08 bits per heavy atom. The van der Waals surface area contributed by atoms with Crippen LogP contribution in [-0.4, -0.2) is 40.3 Å². The number of nitrogens with one attached hydrogen (secondary N) is 3. The summed E-state index contributed by atoms with van der Waals surface area (Å²) < 4.78 is 31.9. The normalized spacial score (nSPS) is 11.7. The van der Waals surface area contributed by atoms with E-state index in [-0.39, 0.29) is 36.3 Å². The topological polar surface area (TPSA) is 95.7 Å². The van der Waals surface area contributed by atoms with Gasteiger partial charge in [-0.3, -0.25) is 4.99 Å². The molecule has 9 heteroatoms. The molecule has 0 unspecified atom stereocenters. The largest absolute Gasteiger partial charge is 0.469 e. The average Bonchev–Trinajstić information content (AvgIpc) is 3.13. The number of aliphatic imine (C=N–C) groups is 1. The smallest absolute Gasteiger partial charge is 0.213 e. The van der Waals surface area contributed by atoms with Crippen LogP contribution in [0.1, 0.15) is 11.3 Å². The minimum atomic E-state index is -3.35. The monoisotopic (exact) mass is 492 g/mol. The van der Waals surface area contributed by atoms with Crippen molar-refractivity contribution in [2.24, 2.45) is 4.99 Å². The number of hydrogen-bond donors (Lipinski definition) is 3. The highest BCUT2D eigenvalue weighted by atomic mass is 127. The molecule has 2 rings (SSSR count). The lowest BCUT2D eigenvalue weighted by Gasteiger charge is -2.12. The lowest BCUT2D eigenvalue weighted by Crippen LogP contribution is -2.41. The maximum absolute atomic E-state index is 12.0. The van der Waals surface area contributed by atoms with Crippen molar-refractivity contribution in [3.63, 3.8) is 0 Å². The first-order chi connectivity index (χ1) is 12.1. The van der Waals surface area contributed by atoms with E-state index in [2.05, 4.69) is 20.3 Å². The van der Waals surface area contributed by atoms with Gasteiger partial charge in [-0.2, -0.15) is 0 Å². The standard InChI is InChI=1S/C17H24N4O3S.HI/c1-18-17(19-10-9-16-8-5-12-24-16)20-11-13-25(22,23)21-14-15-6-3-2-4-7-15;/h2-8,12,21H,9-11,13-14H2,1H3,(H2,18,19,20);1H. The van der Waals surface area contributed by atoms with Gasteiger partial charge in [-0.25, -0.2) is 13.1 Å². The zero-order valence-corrected chi connectivity index (χ0v) is 17.8. The fourth-order valence-electron chi connectivity index (χ4n) is 2.14. The Morgan fingerprint density at radius 3 is 2.46 bits per heavy atom. The number of guanidine groups is 1. The molecule has 0 spiro atoms. The Kier molecular flexibility index (Phi) is 10.3. The highest BCUT2D eigenvalue weighted by Gasteiger charge is 2.10. The van der Waals surface area contributed by atoms with E-state index >= 15 is 0 Å². The zero-order valence-electron chi connectivity index (χ0n) is 14.6. The van der Waals surface area contributed by atoms with Crippen molar-refractivity contribution < 1.29 is 12.8 Å². The molecule has 1 heterocycles. The molecule has 1 aromatic heterocycles. The average molecular weight is 492 g/mol. The van der Waals surface area contributed by atoms with Crippen LogP contribution in [0, 0.1) is 0 Å². The fraction of sp³-hybridized carbons (Fsp3) is 0.353. The summed E-state index contributed by atoms with van der Waals surface area (Å²) in [6.07, 6.45) is 2.36. The van der Waals surface area contributed by atoms with E-state index in [0.717, 1.165) is 17.7 Å². The van der Waals surface area contributed by atoms with Crippen molar-refractivity contribution in [2.45, 2.75) is 13.0 Å². The molecule has 0 atom stereocenters. The van der Waals surface area contributed by atoms with E-state index in [1.54, 1.807) is 13.3 Å². The molecule has 0 amide bonds. The van der Waals surface area contributed by atoms with Crippen LogP contribution in [0.25, 0.3) is 0 Å². The minimum Gasteiger partial charge on any atom is -0.469 e. The molecule has 0 aliphatic carbocycles. The SMILES string of the molecule is CN=C(NCCc1ccco1)NCCS(=O)(=O)NCc1ccccc1.I. The third-order valence-electron chi connectivity index (χ3n) is 3.47. The molecule has 144 valence electrons. The van der Waals surface area contributed by atoms with Gasteiger partial charge in [0.15, 0.2) is 5.96 Å². The van der Waals surface area contributed by atoms with Crippen molar-refractivity contribution in [3.05, 3.63) is 60.1 Å². The van der Waals surface area contributed by atoms with E-state index in [4.69, 9.17) is 4.42 Å². The Bertz CT molecular complexity index is 750. The van der Waals surface area contributed by atoms with Gasteiger partial charge in [0, 0.05) is 33.1 Å². The number of sulfonamides is 1. The van der Waals surface area contributed by atoms with E-state index in [0.29, 0.717) is 19.0 Å². The quantitative estimate of drug-likeness (QED) is 0.282. The molecule has 0 saturated carbocycles. The molecule has 26 heavy (non-hydrogen) atoms. The molecule has 0 aliphatic rings. The van der Waals surface area contributed by atoms with Gasteiger partial charge in [0.05, 0.1) is 12.0 Å². The van der Waals surface area contributed by atoms with Crippen LogP contribution in [-0.2, 0) is 23.0 Å². The Labute approximate surface area is 171 Å². The molecule has 0 aliphatic heterocycles. The molecule has 3 N–H and O–H groups in total. The molecule has 0 radical (unpaired) electrons. The van der Waals surface area contributed by atoms with Gasteiger partial charge in [-0.1, -0.05) is 30.3 Å². The van der Waals surface area contributed by atoms with E-state index in [9.17, 15) is 8.42 Å². The lowest BCUT2D eigenvalue weighted by atomic mass is 10.2. The summed E-state index contributed by atoms with van der Waals surface area (Å²) in [6, 6.07) is 13.2. The van der Waals surface area contributed by atoms with Crippen LogP contribution in [0.4, 0.5) is 0 Å². The minimum absolute atomic E-state index is 0. The third-order valence-corrected chi connectivity index (χ3v) is 4.80. The van der Waals surface area contributed by atoms with Crippen molar-refractivity contribution in [1.82, 2.24) is 15.4 Å². The van der Waals surface area contributed by atoms with Crippen LogP contribution in [0.5, 0.6) is 0 Å². The first-order valence-corrected chi connectivity index (χ1v) is 9.72. The van der Waals surface area contributed by atoms with Crippen LogP contribution in [0.3, 0.4) is 0 Å².